The largest absolute Gasteiger partial charge is 0.377 e. The van der Waals surface area contributed by atoms with E-state index in [1.165, 1.54) is 37.8 Å². The Hall–Kier alpha value is -0.860. The molecule has 0 aromatic heterocycles. The molecule has 172 valence electrons. The Morgan fingerprint density at radius 1 is 1.16 bits per heavy atom. The van der Waals surface area contributed by atoms with Crippen molar-refractivity contribution in [3.63, 3.8) is 0 Å². The molecule has 4 fully saturated rings. The Labute approximate surface area is 205 Å². The maximum absolute atomic E-state index is 5.99. The third kappa shape index (κ3) is 4.36. The first-order valence-electron chi connectivity index (χ1n) is 12.0. The number of benzene rings is 1. The van der Waals surface area contributed by atoms with Crippen LogP contribution in [0.25, 0.3) is 0 Å². The van der Waals surface area contributed by atoms with Gasteiger partial charge >= 0.3 is 0 Å². The van der Waals surface area contributed by atoms with Crippen molar-refractivity contribution >= 4 is 29.9 Å². The van der Waals surface area contributed by atoms with Gasteiger partial charge < -0.3 is 15.0 Å². The summed E-state index contributed by atoms with van der Waals surface area (Å²) >= 11 is 0. The highest BCUT2D eigenvalue weighted by Crippen LogP contribution is 2.52. The van der Waals surface area contributed by atoms with Crippen LogP contribution in [0.3, 0.4) is 0 Å². The highest BCUT2D eigenvalue weighted by atomic mass is 127. The molecular formula is C25H39IN4O. The van der Waals surface area contributed by atoms with E-state index < -0.39 is 0 Å². The second-order valence-electron chi connectivity index (χ2n) is 10.4. The van der Waals surface area contributed by atoms with Gasteiger partial charge in [-0.15, -0.1) is 24.0 Å². The SMILES string of the molecule is CN=C(NC1C2CCOC2C1(C)C)N1CCC2C(CCCN2Cc2ccccc2)C1.I. The monoisotopic (exact) mass is 538 g/mol. The molecule has 0 bridgehead atoms. The first kappa shape index (κ1) is 23.3. The summed E-state index contributed by atoms with van der Waals surface area (Å²) < 4.78 is 5.99. The molecular weight excluding hydrogens is 499 g/mol. The Morgan fingerprint density at radius 2 is 1.97 bits per heavy atom. The third-order valence-corrected chi connectivity index (χ3v) is 8.31. The van der Waals surface area contributed by atoms with Crippen LogP contribution in [0.15, 0.2) is 35.3 Å². The lowest BCUT2D eigenvalue weighted by atomic mass is 9.57. The van der Waals surface area contributed by atoms with Crippen molar-refractivity contribution in [1.29, 1.82) is 0 Å². The molecule has 1 aliphatic carbocycles. The maximum atomic E-state index is 5.99. The number of nitrogens with one attached hydrogen (secondary N) is 1. The van der Waals surface area contributed by atoms with Crippen LogP contribution in [0.2, 0.25) is 0 Å². The van der Waals surface area contributed by atoms with Crippen molar-refractivity contribution in [2.24, 2.45) is 22.2 Å². The van der Waals surface area contributed by atoms with Gasteiger partial charge in [-0.1, -0.05) is 44.2 Å². The van der Waals surface area contributed by atoms with Gasteiger partial charge in [0.25, 0.3) is 0 Å². The zero-order valence-electron chi connectivity index (χ0n) is 19.3. The molecule has 5 unspecified atom stereocenters. The fraction of sp³-hybridized carbons (Fsp3) is 0.720. The van der Waals surface area contributed by atoms with E-state index in [1.54, 1.807) is 0 Å². The summed E-state index contributed by atoms with van der Waals surface area (Å²) in [5.74, 6) is 2.49. The molecule has 3 saturated heterocycles. The van der Waals surface area contributed by atoms with Gasteiger partial charge in [-0.05, 0) is 43.7 Å². The fourth-order valence-electron chi connectivity index (χ4n) is 6.77. The highest BCUT2D eigenvalue weighted by Gasteiger charge is 2.59. The van der Waals surface area contributed by atoms with Gasteiger partial charge in [0.05, 0.1) is 6.10 Å². The molecule has 0 radical (unpaired) electrons. The van der Waals surface area contributed by atoms with Gasteiger partial charge in [0, 0.05) is 56.7 Å². The van der Waals surface area contributed by atoms with Gasteiger partial charge in [-0.3, -0.25) is 9.89 Å². The topological polar surface area (TPSA) is 40.1 Å². The van der Waals surface area contributed by atoms with E-state index in [2.05, 4.69) is 59.3 Å². The number of hydrogen-bond acceptors (Lipinski definition) is 3. The predicted octanol–water partition coefficient (Wildman–Crippen LogP) is 3.98. The predicted molar refractivity (Wildman–Crippen MR) is 137 cm³/mol. The fourth-order valence-corrected chi connectivity index (χ4v) is 6.77. The second kappa shape index (κ2) is 9.56. The average Bonchev–Trinajstić information content (AvgIpc) is 3.22. The number of nitrogens with zero attached hydrogens (tertiary/aromatic N) is 3. The molecule has 31 heavy (non-hydrogen) atoms. The number of aliphatic imine (C=N–C) groups is 1. The molecule has 0 spiro atoms. The standard InChI is InChI=1S/C25H38N4O.HI/c1-25(2)22(20-12-15-30-23(20)25)27-24(26-3)29-14-11-21-19(17-29)10-7-13-28(21)16-18-8-5-4-6-9-18;/h4-6,8-9,19-23H,7,10-17H2,1-3H3,(H,26,27);1H. The van der Waals surface area contributed by atoms with Gasteiger partial charge in [-0.2, -0.15) is 0 Å². The van der Waals surface area contributed by atoms with Crippen molar-refractivity contribution in [3.05, 3.63) is 35.9 Å². The third-order valence-electron chi connectivity index (χ3n) is 8.31. The van der Waals surface area contributed by atoms with E-state index >= 15 is 0 Å². The molecule has 5 rings (SSSR count). The number of hydrogen-bond donors (Lipinski definition) is 1. The van der Waals surface area contributed by atoms with Crippen LogP contribution in [-0.4, -0.2) is 67.2 Å². The van der Waals surface area contributed by atoms with Crippen LogP contribution >= 0.6 is 24.0 Å². The molecule has 5 nitrogen and oxygen atoms in total. The minimum absolute atomic E-state index is 0. The smallest absolute Gasteiger partial charge is 0.193 e. The number of fused-ring (bicyclic) bond motifs is 2. The number of rotatable bonds is 3. The first-order chi connectivity index (χ1) is 14.6. The van der Waals surface area contributed by atoms with Crippen molar-refractivity contribution in [3.8, 4) is 0 Å². The Morgan fingerprint density at radius 3 is 2.74 bits per heavy atom. The van der Waals surface area contributed by atoms with Crippen molar-refractivity contribution < 1.29 is 4.74 Å². The first-order valence-corrected chi connectivity index (χ1v) is 12.0. The number of guanidine groups is 1. The molecule has 0 amide bonds. The van der Waals surface area contributed by atoms with Crippen molar-refractivity contribution in [2.45, 2.75) is 64.3 Å². The van der Waals surface area contributed by atoms with E-state index in [0.717, 1.165) is 38.1 Å². The molecule has 3 heterocycles. The number of ether oxygens (including phenoxy) is 1. The van der Waals surface area contributed by atoms with Gasteiger partial charge in [0.15, 0.2) is 5.96 Å². The molecule has 3 aliphatic heterocycles. The van der Waals surface area contributed by atoms with Crippen LogP contribution in [0, 0.1) is 17.3 Å². The minimum atomic E-state index is 0. The summed E-state index contributed by atoms with van der Waals surface area (Å²) in [7, 11) is 1.95. The molecule has 1 aromatic carbocycles. The Kier molecular flexibility index (Phi) is 7.18. The van der Waals surface area contributed by atoms with Crippen LogP contribution in [0.5, 0.6) is 0 Å². The van der Waals surface area contributed by atoms with Crippen molar-refractivity contribution in [1.82, 2.24) is 15.1 Å². The normalized spacial score (nSPS) is 34.9. The summed E-state index contributed by atoms with van der Waals surface area (Å²) in [4.78, 5) is 9.99. The van der Waals surface area contributed by atoms with E-state index in [9.17, 15) is 0 Å². The summed E-state index contributed by atoms with van der Waals surface area (Å²) in [6, 6.07) is 12.2. The summed E-state index contributed by atoms with van der Waals surface area (Å²) in [6.07, 6.45) is 5.49. The average molecular weight is 539 g/mol. The van der Waals surface area contributed by atoms with Crippen molar-refractivity contribution in [2.75, 3.05) is 33.3 Å². The summed E-state index contributed by atoms with van der Waals surface area (Å²) in [5.41, 5.74) is 1.63. The lowest BCUT2D eigenvalue weighted by Gasteiger charge is -2.56. The summed E-state index contributed by atoms with van der Waals surface area (Å²) in [5, 5.41) is 3.86. The molecule has 1 saturated carbocycles. The highest BCUT2D eigenvalue weighted by molar-refractivity contribution is 14.0. The number of piperidine rings is 2. The molecule has 1 aromatic rings. The van der Waals surface area contributed by atoms with E-state index in [4.69, 9.17) is 9.73 Å². The van der Waals surface area contributed by atoms with Crippen LogP contribution in [0.1, 0.15) is 45.1 Å². The quantitative estimate of drug-likeness (QED) is 0.359. The second-order valence-corrected chi connectivity index (χ2v) is 10.4. The number of likely N-dealkylation sites (tertiary alicyclic amines) is 2. The molecule has 5 atom stereocenters. The Bertz CT molecular complexity index is 770. The van der Waals surface area contributed by atoms with Gasteiger partial charge in [0.1, 0.15) is 0 Å². The van der Waals surface area contributed by atoms with E-state index in [0.29, 0.717) is 24.1 Å². The summed E-state index contributed by atoms with van der Waals surface area (Å²) in [6.45, 7) is 10.2. The van der Waals surface area contributed by atoms with Crippen LogP contribution in [-0.2, 0) is 11.3 Å². The Balaban J connectivity index is 0.00000231. The van der Waals surface area contributed by atoms with Gasteiger partial charge in [0.2, 0.25) is 0 Å². The number of halogens is 1. The lowest BCUT2D eigenvalue weighted by molar-refractivity contribution is -0.107. The lowest BCUT2D eigenvalue weighted by Crippen LogP contribution is -2.68. The van der Waals surface area contributed by atoms with Crippen LogP contribution < -0.4 is 5.32 Å². The van der Waals surface area contributed by atoms with E-state index in [-0.39, 0.29) is 29.4 Å². The van der Waals surface area contributed by atoms with E-state index in [1.807, 2.05) is 7.05 Å². The maximum Gasteiger partial charge on any atom is 0.193 e. The molecule has 6 heteroatoms. The zero-order valence-corrected chi connectivity index (χ0v) is 21.6. The van der Waals surface area contributed by atoms with Gasteiger partial charge in [-0.25, -0.2) is 0 Å². The minimum Gasteiger partial charge on any atom is -0.377 e. The molecule has 1 N–H and O–H groups in total. The zero-order chi connectivity index (χ0) is 20.7. The van der Waals surface area contributed by atoms with Crippen LogP contribution in [0.4, 0.5) is 0 Å². The molecule has 4 aliphatic rings.